The molecule has 0 heterocycles. The van der Waals surface area contributed by atoms with Gasteiger partial charge in [-0.1, -0.05) is 0 Å². The average Bonchev–Trinajstić information content (AvgIpc) is 2.81. The van der Waals surface area contributed by atoms with Gasteiger partial charge in [0.2, 0.25) is 0 Å². The predicted molar refractivity (Wildman–Crippen MR) is 125 cm³/mol. The molecule has 1 amide bonds. The second kappa shape index (κ2) is 10.5. The van der Waals surface area contributed by atoms with Crippen LogP contribution in [0.15, 0.2) is 76.7 Å². The first-order valence-electron chi connectivity index (χ1n) is 9.88. The van der Waals surface area contributed by atoms with E-state index in [0.717, 1.165) is 0 Å². The molecular weight excluding hydrogens is 446 g/mol. The van der Waals surface area contributed by atoms with Crippen LogP contribution in [0, 0.1) is 0 Å². The van der Waals surface area contributed by atoms with E-state index in [-0.39, 0.29) is 16.4 Å². The summed E-state index contributed by atoms with van der Waals surface area (Å²) < 4.78 is 37.9. The summed E-state index contributed by atoms with van der Waals surface area (Å²) in [4.78, 5) is 12.4. The Balaban J connectivity index is 1.61. The molecule has 3 aromatic rings. The number of phenolic OH excluding ortho intramolecular Hbond substituents is 1. The fourth-order valence-corrected chi connectivity index (χ4v) is 3.85. The molecule has 0 aliphatic rings. The van der Waals surface area contributed by atoms with Crippen molar-refractivity contribution in [3.05, 3.63) is 77.9 Å². The molecule has 0 atom stereocenters. The van der Waals surface area contributed by atoms with Gasteiger partial charge in [-0.25, -0.2) is 13.8 Å². The molecule has 0 unspecified atom stereocenters. The fourth-order valence-electron chi connectivity index (χ4n) is 2.79. The van der Waals surface area contributed by atoms with Crippen LogP contribution < -0.4 is 19.6 Å². The van der Waals surface area contributed by atoms with Crippen LogP contribution >= 0.6 is 0 Å². The molecule has 3 N–H and O–H groups in total. The fraction of sp³-hybridized carbons (Fsp3) is 0.130. The van der Waals surface area contributed by atoms with Gasteiger partial charge in [0.1, 0.15) is 5.75 Å². The molecule has 172 valence electrons. The van der Waals surface area contributed by atoms with Crippen LogP contribution in [0.4, 0.5) is 5.69 Å². The average molecular weight is 470 g/mol. The molecule has 0 spiro atoms. The van der Waals surface area contributed by atoms with Gasteiger partial charge < -0.3 is 14.6 Å². The quantitative estimate of drug-likeness (QED) is 0.326. The number of ether oxygens (including phenoxy) is 2. The number of phenols is 1. The number of aromatic hydroxyl groups is 1. The number of hydrazone groups is 1. The third kappa shape index (κ3) is 6.23. The molecular formula is C23H23N3O6S. The Kier molecular flexibility index (Phi) is 7.52. The molecule has 3 aromatic carbocycles. The predicted octanol–water partition coefficient (Wildman–Crippen LogP) is 3.36. The van der Waals surface area contributed by atoms with E-state index in [0.29, 0.717) is 29.2 Å². The number of hydrogen-bond acceptors (Lipinski definition) is 7. The summed E-state index contributed by atoms with van der Waals surface area (Å²) in [5.74, 6) is 0.391. The number of hydrogen-bond donors (Lipinski definition) is 3. The highest BCUT2D eigenvalue weighted by Crippen LogP contribution is 2.25. The first kappa shape index (κ1) is 23.6. The molecule has 0 saturated heterocycles. The van der Waals surface area contributed by atoms with Crippen LogP contribution in [0.3, 0.4) is 0 Å². The molecule has 0 saturated carbocycles. The lowest BCUT2D eigenvalue weighted by Gasteiger charge is -2.09. The van der Waals surface area contributed by atoms with E-state index in [2.05, 4.69) is 15.2 Å². The van der Waals surface area contributed by atoms with Crippen LogP contribution in [-0.4, -0.2) is 39.4 Å². The third-order valence-corrected chi connectivity index (χ3v) is 5.83. The minimum atomic E-state index is -3.79. The maximum Gasteiger partial charge on any atom is 0.271 e. The minimum Gasteiger partial charge on any atom is -0.504 e. The van der Waals surface area contributed by atoms with E-state index >= 15 is 0 Å². The molecule has 10 heteroatoms. The van der Waals surface area contributed by atoms with E-state index in [9.17, 15) is 18.3 Å². The Morgan fingerprint density at radius 3 is 2.39 bits per heavy atom. The van der Waals surface area contributed by atoms with Crippen molar-refractivity contribution in [1.29, 1.82) is 0 Å². The van der Waals surface area contributed by atoms with E-state index in [1.807, 2.05) is 6.92 Å². The number of benzene rings is 3. The van der Waals surface area contributed by atoms with Crippen molar-refractivity contribution in [3.8, 4) is 17.2 Å². The summed E-state index contributed by atoms with van der Waals surface area (Å²) in [6.07, 6.45) is 1.40. The van der Waals surface area contributed by atoms with E-state index in [1.165, 1.54) is 55.8 Å². The van der Waals surface area contributed by atoms with Gasteiger partial charge in [0, 0.05) is 11.3 Å². The van der Waals surface area contributed by atoms with E-state index in [4.69, 9.17) is 9.47 Å². The third-order valence-electron chi connectivity index (χ3n) is 4.43. The normalized spacial score (nSPS) is 11.2. The Morgan fingerprint density at radius 2 is 1.76 bits per heavy atom. The van der Waals surface area contributed by atoms with E-state index < -0.39 is 15.9 Å². The Hall–Kier alpha value is -4.05. The highest BCUT2D eigenvalue weighted by atomic mass is 32.2. The number of carbonyl (C=O) groups excluding carboxylic acids is 1. The largest absolute Gasteiger partial charge is 0.504 e. The van der Waals surface area contributed by atoms with Gasteiger partial charge in [-0.3, -0.25) is 9.52 Å². The molecule has 0 bridgehead atoms. The number of sulfonamides is 1. The summed E-state index contributed by atoms with van der Waals surface area (Å²) in [7, 11) is -2.36. The van der Waals surface area contributed by atoms with Gasteiger partial charge >= 0.3 is 0 Å². The van der Waals surface area contributed by atoms with Crippen LogP contribution in [0.5, 0.6) is 17.2 Å². The Morgan fingerprint density at radius 1 is 1.06 bits per heavy atom. The Bertz CT molecular complexity index is 1240. The highest BCUT2D eigenvalue weighted by Gasteiger charge is 2.15. The van der Waals surface area contributed by atoms with Gasteiger partial charge in [-0.2, -0.15) is 5.10 Å². The minimum absolute atomic E-state index is 0.00285. The maximum absolute atomic E-state index is 12.6. The van der Waals surface area contributed by atoms with Crippen LogP contribution in [0.2, 0.25) is 0 Å². The number of carbonyl (C=O) groups is 1. The standard InChI is InChI=1S/C23H23N3O6S/c1-3-32-19-9-11-20(12-10-19)33(29,30)26-18-7-5-17(6-8-18)23(28)25-24-15-16-4-13-21(27)22(14-16)31-2/h4-15,26-27H,3H2,1-2H3,(H,25,28)/b24-15+. The first-order chi connectivity index (χ1) is 15.8. The number of rotatable bonds is 9. The zero-order valence-corrected chi connectivity index (χ0v) is 18.8. The molecule has 0 aliphatic heterocycles. The van der Waals surface area contributed by atoms with Crippen molar-refractivity contribution >= 4 is 27.8 Å². The number of nitrogens with zero attached hydrogens (tertiary/aromatic N) is 1. The van der Waals surface area contributed by atoms with Gasteiger partial charge in [0.15, 0.2) is 11.5 Å². The number of amides is 1. The van der Waals surface area contributed by atoms with Crippen molar-refractivity contribution in [1.82, 2.24) is 5.43 Å². The van der Waals surface area contributed by atoms with Crippen LogP contribution in [0.25, 0.3) is 0 Å². The molecule has 3 rings (SSSR count). The summed E-state index contributed by atoms with van der Waals surface area (Å²) >= 11 is 0. The van der Waals surface area contributed by atoms with Crippen molar-refractivity contribution in [2.75, 3.05) is 18.4 Å². The van der Waals surface area contributed by atoms with E-state index in [1.54, 1.807) is 24.3 Å². The van der Waals surface area contributed by atoms with Gasteiger partial charge in [-0.05, 0) is 79.2 Å². The molecule has 0 radical (unpaired) electrons. The van der Waals surface area contributed by atoms with Gasteiger partial charge in [-0.15, -0.1) is 0 Å². The van der Waals surface area contributed by atoms with Crippen LogP contribution in [0.1, 0.15) is 22.8 Å². The van der Waals surface area contributed by atoms with Gasteiger partial charge in [0.05, 0.1) is 24.8 Å². The summed E-state index contributed by atoms with van der Waals surface area (Å²) in [5, 5.41) is 13.5. The Labute approximate surface area is 191 Å². The topological polar surface area (TPSA) is 126 Å². The first-order valence-corrected chi connectivity index (χ1v) is 11.4. The van der Waals surface area contributed by atoms with Crippen molar-refractivity contribution < 1.29 is 27.8 Å². The number of anilines is 1. The maximum atomic E-state index is 12.6. The molecule has 0 aliphatic carbocycles. The molecule has 33 heavy (non-hydrogen) atoms. The lowest BCUT2D eigenvalue weighted by Crippen LogP contribution is -2.18. The monoisotopic (exact) mass is 469 g/mol. The second-order valence-corrected chi connectivity index (χ2v) is 8.40. The summed E-state index contributed by atoms with van der Waals surface area (Å²) in [6.45, 7) is 2.33. The second-order valence-electron chi connectivity index (χ2n) is 6.72. The zero-order valence-electron chi connectivity index (χ0n) is 18.0. The van der Waals surface area contributed by atoms with Crippen LogP contribution in [-0.2, 0) is 10.0 Å². The number of methoxy groups -OCH3 is 1. The van der Waals surface area contributed by atoms with Crippen molar-refractivity contribution in [2.24, 2.45) is 5.10 Å². The SMILES string of the molecule is CCOc1ccc(S(=O)(=O)Nc2ccc(C(=O)N/N=C/c3ccc(O)c(OC)c3)cc2)cc1. The smallest absolute Gasteiger partial charge is 0.271 e. The highest BCUT2D eigenvalue weighted by molar-refractivity contribution is 7.92. The summed E-state index contributed by atoms with van der Waals surface area (Å²) in [5.41, 5.74) is 3.60. The molecule has 9 nitrogen and oxygen atoms in total. The zero-order chi connectivity index (χ0) is 23.8. The van der Waals surface area contributed by atoms with Crippen molar-refractivity contribution in [2.45, 2.75) is 11.8 Å². The van der Waals surface area contributed by atoms with Gasteiger partial charge in [0.25, 0.3) is 15.9 Å². The summed E-state index contributed by atoms with van der Waals surface area (Å²) in [6, 6.07) is 16.6. The van der Waals surface area contributed by atoms with Crippen molar-refractivity contribution in [3.63, 3.8) is 0 Å². The molecule has 0 fully saturated rings. The lowest BCUT2D eigenvalue weighted by atomic mass is 10.2. The molecule has 0 aromatic heterocycles. The number of nitrogens with one attached hydrogen (secondary N) is 2. The lowest BCUT2D eigenvalue weighted by molar-refractivity contribution is 0.0955.